The van der Waals surface area contributed by atoms with Crippen molar-refractivity contribution in [3.05, 3.63) is 35.4 Å². The molecule has 1 aliphatic heterocycles. The van der Waals surface area contributed by atoms with E-state index in [0.29, 0.717) is 13.0 Å². The van der Waals surface area contributed by atoms with Gasteiger partial charge in [0.15, 0.2) is 11.5 Å². The van der Waals surface area contributed by atoms with Gasteiger partial charge in [0.1, 0.15) is 0 Å². The second kappa shape index (κ2) is 5.76. The molecular weight excluding hydrogens is 306 g/mol. The maximum absolute atomic E-state index is 10.2. The molecule has 3 aliphatic rings. The Labute approximate surface area is 142 Å². The van der Waals surface area contributed by atoms with Crippen molar-refractivity contribution in [3.63, 3.8) is 0 Å². The highest BCUT2D eigenvalue weighted by Crippen LogP contribution is 2.57. The van der Waals surface area contributed by atoms with E-state index < -0.39 is 6.10 Å². The summed E-state index contributed by atoms with van der Waals surface area (Å²) in [4.78, 5) is 0. The van der Waals surface area contributed by atoms with Crippen LogP contribution in [0.5, 0.6) is 11.5 Å². The second-order valence-corrected chi connectivity index (χ2v) is 7.01. The molecule has 0 radical (unpaired) electrons. The first kappa shape index (κ1) is 15.9. The number of rotatable bonds is 3. The third-order valence-electron chi connectivity index (χ3n) is 5.74. The molecule has 5 heteroatoms. The van der Waals surface area contributed by atoms with Crippen LogP contribution in [0.4, 0.5) is 0 Å². The molecular formula is C19H25NO4. The summed E-state index contributed by atoms with van der Waals surface area (Å²) < 4.78 is 17.5. The Kier molecular flexibility index (Phi) is 3.82. The first-order valence-electron chi connectivity index (χ1n) is 8.70. The predicted octanol–water partition coefficient (Wildman–Crippen LogP) is 1.90. The summed E-state index contributed by atoms with van der Waals surface area (Å²) >= 11 is 0. The Bertz CT molecular complexity index is 674. The van der Waals surface area contributed by atoms with Crippen LogP contribution in [0.15, 0.2) is 24.3 Å². The number of ether oxygens (including phenoxy) is 3. The fourth-order valence-corrected chi connectivity index (χ4v) is 4.79. The van der Waals surface area contributed by atoms with E-state index in [1.54, 1.807) is 7.11 Å². The van der Waals surface area contributed by atoms with Crippen LogP contribution in [0.3, 0.4) is 0 Å². The number of nitrogens with two attached hydrogens (primary N) is 1. The Hall–Kier alpha value is -1.56. The minimum Gasteiger partial charge on any atom is -0.493 e. The van der Waals surface area contributed by atoms with Gasteiger partial charge in [-0.2, -0.15) is 0 Å². The molecule has 24 heavy (non-hydrogen) atoms. The zero-order valence-corrected chi connectivity index (χ0v) is 14.2. The minimum absolute atomic E-state index is 0.0127. The van der Waals surface area contributed by atoms with E-state index in [-0.39, 0.29) is 23.7 Å². The average molecular weight is 331 g/mol. The maximum Gasteiger partial charge on any atom is 0.201 e. The molecule has 0 fully saturated rings. The quantitative estimate of drug-likeness (QED) is 0.828. The number of benzene rings is 1. The number of hydrogen-bond acceptors (Lipinski definition) is 5. The average Bonchev–Trinajstić information content (AvgIpc) is 2.57. The monoisotopic (exact) mass is 331 g/mol. The van der Waals surface area contributed by atoms with E-state index in [4.69, 9.17) is 19.9 Å². The largest absolute Gasteiger partial charge is 0.493 e. The van der Waals surface area contributed by atoms with Gasteiger partial charge in [0, 0.05) is 30.0 Å². The van der Waals surface area contributed by atoms with E-state index in [1.807, 2.05) is 19.1 Å². The summed E-state index contributed by atoms with van der Waals surface area (Å²) in [6, 6.07) is 4.06. The molecule has 0 amide bonds. The van der Waals surface area contributed by atoms with Crippen LogP contribution in [0, 0.1) is 5.92 Å². The van der Waals surface area contributed by atoms with E-state index in [9.17, 15) is 5.11 Å². The van der Waals surface area contributed by atoms with Crippen molar-refractivity contribution in [1.82, 2.24) is 0 Å². The van der Waals surface area contributed by atoms with Crippen LogP contribution in [0.25, 0.3) is 0 Å². The lowest BCUT2D eigenvalue weighted by Gasteiger charge is -2.53. The van der Waals surface area contributed by atoms with Gasteiger partial charge in [-0.15, -0.1) is 0 Å². The molecule has 0 aromatic heterocycles. The van der Waals surface area contributed by atoms with Crippen molar-refractivity contribution in [2.45, 2.75) is 50.0 Å². The number of allylic oxidation sites excluding steroid dienone is 1. The Morgan fingerprint density at radius 1 is 1.42 bits per heavy atom. The van der Waals surface area contributed by atoms with E-state index in [1.165, 1.54) is 11.1 Å². The molecule has 0 saturated heterocycles. The topological polar surface area (TPSA) is 73.9 Å². The lowest BCUT2D eigenvalue weighted by molar-refractivity contribution is -0.110. The summed E-state index contributed by atoms with van der Waals surface area (Å²) in [5, 5.41) is 10.2. The van der Waals surface area contributed by atoms with Gasteiger partial charge in [0.2, 0.25) is 6.29 Å². The van der Waals surface area contributed by atoms with Gasteiger partial charge in [-0.1, -0.05) is 18.2 Å². The molecule has 3 N–H and O–H groups in total. The van der Waals surface area contributed by atoms with Crippen LogP contribution < -0.4 is 15.2 Å². The van der Waals surface area contributed by atoms with Gasteiger partial charge in [-0.25, -0.2) is 0 Å². The third-order valence-corrected chi connectivity index (χ3v) is 5.74. The van der Waals surface area contributed by atoms with Crippen LogP contribution in [-0.2, 0) is 16.6 Å². The third kappa shape index (κ3) is 2.19. The Balaban J connectivity index is 1.94. The van der Waals surface area contributed by atoms with Crippen molar-refractivity contribution in [1.29, 1.82) is 0 Å². The highest BCUT2D eigenvalue weighted by atomic mass is 16.7. The Morgan fingerprint density at radius 3 is 3.00 bits per heavy atom. The van der Waals surface area contributed by atoms with Crippen molar-refractivity contribution >= 4 is 0 Å². The van der Waals surface area contributed by atoms with E-state index in [0.717, 1.165) is 24.3 Å². The molecule has 0 bridgehead atoms. The van der Waals surface area contributed by atoms with Crippen LogP contribution in [-0.4, -0.2) is 37.3 Å². The molecule has 1 spiro atoms. The van der Waals surface area contributed by atoms with Gasteiger partial charge >= 0.3 is 0 Å². The Morgan fingerprint density at radius 2 is 2.25 bits per heavy atom. The summed E-state index contributed by atoms with van der Waals surface area (Å²) in [6.45, 7) is 2.55. The number of aliphatic hydroxyl groups is 1. The molecule has 1 unspecified atom stereocenters. The van der Waals surface area contributed by atoms with Gasteiger partial charge in [-0.05, 0) is 37.3 Å². The highest BCUT2D eigenvalue weighted by Gasteiger charge is 2.54. The fourth-order valence-electron chi connectivity index (χ4n) is 4.79. The molecule has 5 nitrogen and oxygen atoms in total. The van der Waals surface area contributed by atoms with Crippen molar-refractivity contribution < 1.29 is 19.3 Å². The van der Waals surface area contributed by atoms with Crippen LogP contribution >= 0.6 is 0 Å². The molecule has 4 rings (SSSR count). The normalized spacial score (nSPS) is 36.5. The van der Waals surface area contributed by atoms with Gasteiger partial charge in [0.05, 0.1) is 13.2 Å². The van der Waals surface area contributed by atoms with Gasteiger partial charge in [-0.3, -0.25) is 0 Å². The van der Waals surface area contributed by atoms with Gasteiger partial charge in [0.25, 0.3) is 0 Å². The van der Waals surface area contributed by atoms with E-state index >= 15 is 0 Å². The number of methoxy groups -OCH3 is 1. The first-order valence-corrected chi connectivity index (χ1v) is 8.70. The minimum atomic E-state index is -0.435. The second-order valence-electron chi connectivity index (χ2n) is 7.01. The summed E-state index contributed by atoms with van der Waals surface area (Å²) in [7, 11) is 1.66. The van der Waals surface area contributed by atoms with Crippen molar-refractivity contribution in [2.75, 3.05) is 13.7 Å². The summed E-state index contributed by atoms with van der Waals surface area (Å²) in [5.74, 6) is 1.67. The number of aliphatic hydroxyl groups excluding tert-OH is 1. The zero-order chi connectivity index (χ0) is 16.9. The predicted molar refractivity (Wildman–Crippen MR) is 90.3 cm³/mol. The maximum atomic E-state index is 10.2. The number of hydrogen-bond donors (Lipinski definition) is 2. The molecule has 2 aliphatic carbocycles. The molecule has 130 valence electrons. The fraction of sp³-hybridized carbons (Fsp3) is 0.579. The molecule has 0 saturated carbocycles. The zero-order valence-electron chi connectivity index (χ0n) is 14.2. The molecule has 1 aromatic rings. The lowest BCUT2D eigenvalue weighted by atomic mass is 9.55. The SMILES string of the molecule is CCO[C@H]1C[C@]23C=CC(O)C[C@H]2[C@H](N)Cc2ccc(OC)c(c23)O1. The highest BCUT2D eigenvalue weighted by molar-refractivity contribution is 5.60. The van der Waals surface area contributed by atoms with Gasteiger partial charge < -0.3 is 25.1 Å². The van der Waals surface area contributed by atoms with Crippen LogP contribution in [0.1, 0.15) is 30.9 Å². The molecule has 1 aromatic carbocycles. The van der Waals surface area contributed by atoms with E-state index in [2.05, 4.69) is 12.1 Å². The standard InChI is InChI=1S/C19H25NO4/c1-3-23-16-10-19-7-6-12(21)9-13(19)14(20)8-11-4-5-15(22-2)18(24-16)17(11)19/h4-7,12-14,16,21H,3,8-10,20H2,1-2H3/t12?,13-,14+,16+,19+/m0/s1. The lowest BCUT2D eigenvalue weighted by Crippen LogP contribution is -2.56. The van der Waals surface area contributed by atoms with Crippen molar-refractivity contribution in [3.8, 4) is 11.5 Å². The molecule has 1 heterocycles. The first-order chi connectivity index (χ1) is 11.6. The van der Waals surface area contributed by atoms with Crippen molar-refractivity contribution in [2.24, 2.45) is 11.7 Å². The summed E-state index contributed by atoms with van der Waals surface area (Å²) in [5.41, 5.74) is 8.66. The van der Waals surface area contributed by atoms with Crippen LogP contribution in [0.2, 0.25) is 0 Å². The molecule has 5 atom stereocenters. The smallest absolute Gasteiger partial charge is 0.201 e. The summed E-state index contributed by atoms with van der Waals surface area (Å²) in [6.07, 6.45) is 5.45.